The summed E-state index contributed by atoms with van der Waals surface area (Å²) in [6.45, 7) is 2.01. The molecule has 106 valence electrons. The minimum atomic E-state index is -0.763. The van der Waals surface area contributed by atoms with Gasteiger partial charge >= 0.3 is 5.97 Å². The third-order valence-electron chi connectivity index (χ3n) is 3.83. The van der Waals surface area contributed by atoms with Crippen molar-refractivity contribution in [2.45, 2.75) is 32.1 Å². The maximum Gasteiger partial charge on any atom is 0.309 e. The van der Waals surface area contributed by atoms with Gasteiger partial charge in [-0.15, -0.1) is 0 Å². The van der Waals surface area contributed by atoms with Gasteiger partial charge in [-0.25, -0.2) is 0 Å². The molecule has 0 aromatic rings. The van der Waals surface area contributed by atoms with Crippen molar-refractivity contribution in [3.63, 3.8) is 0 Å². The number of nitrogens with one attached hydrogen (secondary N) is 1. The largest absolute Gasteiger partial charge is 0.481 e. The van der Waals surface area contributed by atoms with Gasteiger partial charge in [-0.1, -0.05) is 11.6 Å². The number of carbonyl (C=O) groups excluding carboxylic acids is 1. The predicted octanol–water partition coefficient (Wildman–Crippen LogP) is 1.01. The first-order chi connectivity index (χ1) is 9.15. The van der Waals surface area contributed by atoms with Crippen molar-refractivity contribution in [3.8, 4) is 0 Å². The number of allylic oxidation sites excluding steroid dienone is 1. The summed E-state index contributed by atoms with van der Waals surface area (Å²) in [6.07, 6.45) is 8.14. The molecule has 2 rings (SSSR count). The second-order valence-electron chi connectivity index (χ2n) is 5.44. The van der Waals surface area contributed by atoms with E-state index in [1.807, 2.05) is 4.90 Å². The van der Waals surface area contributed by atoms with Crippen molar-refractivity contribution < 1.29 is 14.7 Å². The number of amides is 1. The summed E-state index contributed by atoms with van der Waals surface area (Å²) in [4.78, 5) is 24.1. The lowest BCUT2D eigenvalue weighted by molar-refractivity contribution is -0.148. The van der Waals surface area contributed by atoms with Crippen LogP contribution in [0.2, 0.25) is 0 Å². The van der Waals surface area contributed by atoms with Gasteiger partial charge in [-0.2, -0.15) is 0 Å². The van der Waals surface area contributed by atoms with Crippen LogP contribution < -0.4 is 5.32 Å². The van der Waals surface area contributed by atoms with Crippen molar-refractivity contribution in [2.24, 2.45) is 5.92 Å². The molecule has 0 bridgehead atoms. The van der Waals surface area contributed by atoms with Gasteiger partial charge in [0.15, 0.2) is 0 Å². The zero-order valence-electron chi connectivity index (χ0n) is 11.2. The van der Waals surface area contributed by atoms with Crippen LogP contribution in [0.25, 0.3) is 0 Å². The van der Waals surface area contributed by atoms with Crippen LogP contribution in [0.4, 0.5) is 0 Å². The second-order valence-corrected chi connectivity index (χ2v) is 5.44. The van der Waals surface area contributed by atoms with E-state index in [0.29, 0.717) is 26.2 Å². The molecule has 19 heavy (non-hydrogen) atoms. The van der Waals surface area contributed by atoms with E-state index in [4.69, 9.17) is 5.11 Å². The van der Waals surface area contributed by atoms with Gasteiger partial charge in [0.25, 0.3) is 0 Å². The fraction of sp³-hybridized carbons (Fsp3) is 0.714. The number of likely N-dealkylation sites (tertiary alicyclic amines) is 1. The third-order valence-corrected chi connectivity index (χ3v) is 3.83. The fourth-order valence-electron chi connectivity index (χ4n) is 2.61. The van der Waals surface area contributed by atoms with E-state index in [2.05, 4.69) is 11.4 Å². The summed E-state index contributed by atoms with van der Waals surface area (Å²) in [5.41, 5.74) is 1.46. The van der Waals surface area contributed by atoms with Gasteiger partial charge < -0.3 is 10.4 Å². The third kappa shape index (κ3) is 4.35. The van der Waals surface area contributed by atoms with E-state index in [9.17, 15) is 9.59 Å². The lowest BCUT2D eigenvalue weighted by Gasteiger charge is -2.35. The van der Waals surface area contributed by atoms with Crippen LogP contribution in [0.5, 0.6) is 0 Å². The molecule has 2 N–H and O–H groups in total. The molecule has 1 aliphatic carbocycles. The van der Waals surface area contributed by atoms with E-state index in [1.165, 1.54) is 31.3 Å². The molecule has 1 amide bonds. The number of carboxylic acids is 1. The first kappa shape index (κ1) is 14.1. The smallest absolute Gasteiger partial charge is 0.309 e. The maximum atomic E-state index is 11.6. The quantitative estimate of drug-likeness (QED) is 0.704. The van der Waals surface area contributed by atoms with E-state index >= 15 is 0 Å². The molecule has 5 heteroatoms. The standard InChI is InChI=1S/C14H22N2O3/c17-13(10-16-8-12(9-16)14(18)19)15-7-6-11-4-2-1-3-5-11/h4,12H,1-3,5-10H2,(H,15,17)(H,18,19). The number of aliphatic carboxylic acids is 1. The van der Waals surface area contributed by atoms with E-state index in [0.717, 1.165) is 6.42 Å². The summed E-state index contributed by atoms with van der Waals surface area (Å²) in [5.74, 6) is -1.05. The fourth-order valence-corrected chi connectivity index (χ4v) is 2.61. The molecule has 0 saturated carbocycles. The van der Waals surface area contributed by atoms with Gasteiger partial charge in [-0.3, -0.25) is 14.5 Å². The Labute approximate surface area is 113 Å². The Kier molecular flexibility index (Phi) is 4.96. The minimum Gasteiger partial charge on any atom is -0.481 e. The Balaban J connectivity index is 1.55. The predicted molar refractivity (Wildman–Crippen MR) is 71.7 cm³/mol. The SMILES string of the molecule is O=C(CN1CC(C(=O)O)C1)NCCC1=CCCCC1. The molecular weight excluding hydrogens is 244 g/mol. The van der Waals surface area contributed by atoms with Crippen LogP contribution in [-0.2, 0) is 9.59 Å². The molecule has 1 fully saturated rings. The summed E-state index contributed by atoms with van der Waals surface area (Å²) in [6, 6.07) is 0. The lowest BCUT2D eigenvalue weighted by atomic mass is 9.97. The van der Waals surface area contributed by atoms with Gasteiger partial charge in [0, 0.05) is 19.6 Å². The Hall–Kier alpha value is -1.36. The van der Waals surface area contributed by atoms with E-state index in [-0.39, 0.29) is 11.8 Å². The van der Waals surface area contributed by atoms with Crippen molar-refractivity contribution in [3.05, 3.63) is 11.6 Å². The highest BCUT2D eigenvalue weighted by Crippen LogP contribution is 2.19. The monoisotopic (exact) mass is 266 g/mol. The zero-order valence-corrected chi connectivity index (χ0v) is 11.2. The number of carbonyl (C=O) groups is 2. The topological polar surface area (TPSA) is 69.6 Å². The second kappa shape index (κ2) is 6.70. The molecule has 0 atom stereocenters. The van der Waals surface area contributed by atoms with Gasteiger partial charge in [0.2, 0.25) is 5.91 Å². The molecule has 0 aromatic carbocycles. The van der Waals surface area contributed by atoms with Crippen molar-refractivity contribution in [2.75, 3.05) is 26.2 Å². The zero-order chi connectivity index (χ0) is 13.7. The van der Waals surface area contributed by atoms with Crippen molar-refractivity contribution in [1.29, 1.82) is 0 Å². The highest BCUT2D eigenvalue weighted by molar-refractivity contribution is 5.79. The maximum absolute atomic E-state index is 11.6. The van der Waals surface area contributed by atoms with E-state index in [1.54, 1.807) is 0 Å². The molecular formula is C14H22N2O3. The van der Waals surface area contributed by atoms with Gasteiger partial charge in [0.1, 0.15) is 0 Å². The number of hydrogen-bond donors (Lipinski definition) is 2. The number of rotatable bonds is 6. The number of nitrogens with zero attached hydrogens (tertiary/aromatic N) is 1. The van der Waals surface area contributed by atoms with Crippen LogP contribution in [0.15, 0.2) is 11.6 Å². The highest BCUT2D eigenvalue weighted by atomic mass is 16.4. The Morgan fingerprint density at radius 1 is 1.37 bits per heavy atom. The van der Waals surface area contributed by atoms with Gasteiger partial charge in [0.05, 0.1) is 12.5 Å². The Bertz CT molecular complexity index is 373. The summed E-state index contributed by atoms with van der Waals surface area (Å²) >= 11 is 0. The van der Waals surface area contributed by atoms with Crippen molar-refractivity contribution in [1.82, 2.24) is 10.2 Å². The minimum absolute atomic E-state index is 0.000230. The molecule has 0 aromatic heterocycles. The molecule has 1 heterocycles. The summed E-state index contributed by atoms with van der Waals surface area (Å²) in [7, 11) is 0. The molecule has 0 spiro atoms. The van der Waals surface area contributed by atoms with Crippen LogP contribution in [-0.4, -0.2) is 48.1 Å². The Morgan fingerprint density at radius 2 is 2.16 bits per heavy atom. The average molecular weight is 266 g/mol. The van der Waals surface area contributed by atoms with Gasteiger partial charge in [-0.05, 0) is 32.1 Å². The lowest BCUT2D eigenvalue weighted by Crippen LogP contribution is -2.53. The van der Waals surface area contributed by atoms with Crippen LogP contribution in [0.1, 0.15) is 32.1 Å². The highest BCUT2D eigenvalue weighted by Gasteiger charge is 2.33. The first-order valence-electron chi connectivity index (χ1n) is 7.05. The van der Waals surface area contributed by atoms with E-state index < -0.39 is 5.97 Å². The molecule has 0 radical (unpaired) electrons. The first-order valence-corrected chi connectivity index (χ1v) is 7.05. The average Bonchev–Trinajstić information content (AvgIpc) is 2.34. The molecule has 5 nitrogen and oxygen atoms in total. The molecule has 2 aliphatic rings. The molecule has 0 unspecified atom stereocenters. The number of carboxylic acid groups (broad SMARTS) is 1. The number of hydrogen-bond acceptors (Lipinski definition) is 3. The van der Waals surface area contributed by atoms with Crippen molar-refractivity contribution >= 4 is 11.9 Å². The summed E-state index contributed by atoms with van der Waals surface area (Å²) in [5, 5.41) is 11.6. The van der Waals surface area contributed by atoms with Crippen LogP contribution in [0, 0.1) is 5.92 Å². The summed E-state index contributed by atoms with van der Waals surface area (Å²) < 4.78 is 0. The Morgan fingerprint density at radius 3 is 2.79 bits per heavy atom. The normalized spacial score (nSPS) is 20.5. The van der Waals surface area contributed by atoms with Crippen LogP contribution in [0.3, 0.4) is 0 Å². The molecule has 1 aliphatic heterocycles. The molecule has 1 saturated heterocycles. The van der Waals surface area contributed by atoms with Crippen LogP contribution >= 0.6 is 0 Å².